The molecular formula is C18H24BrNO. The highest BCUT2D eigenvalue weighted by Gasteiger charge is 2.29. The fraction of sp³-hybridized carbons (Fsp3) is 0.556. The third-order valence-electron chi connectivity index (χ3n) is 4.69. The van der Waals surface area contributed by atoms with E-state index in [-0.39, 0.29) is 0 Å². The Morgan fingerprint density at radius 1 is 1.38 bits per heavy atom. The molecule has 1 aliphatic carbocycles. The summed E-state index contributed by atoms with van der Waals surface area (Å²) in [6.07, 6.45) is 5.33. The van der Waals surface area contributed by atoms with Gasteiger partial charge in [0, 0.05) is 5.39 Å². The lowest BCUT2D eigenvalue weighted by atomic mass is 9.78. The van der Waals surface area contributed by atoms with E-state index in [2.05, 4.69) is 53.3 Å². The van der Waals surface area contributed by atoms with Crippen LogP contribution in [-0.4, -0.2) is 6.54 Å². The van der Waals surface area contributed by atoms with Gasteiger partial charge >= 0.3 is 0 Å². The first-order chi connectivity index (χ1) is 10.2. The fourth-order valence-electron chi connectivity index (χ4n) is 3.70. The predicted molar refractivity (Wildman–Crippen MR) is 91.5 cm³/mol. The van der Waals surface area contributed by atoms with E-state index in [1.807, 2.05) is 6.07 Å². The predicted octanol–water partition coefficient (Wildman–Crippen LogP) is 5.67. The summed E-state index contributed by atoms with van der Waals surface area (Å²) in [5.74, 6) is 2.62. The summed E-state index contributed by atoms with van der Waals surface area (Å²) in [5, 5.41) is 4.85. The Bertz CT molecular complexity index is 606. The van der Waals surface area contributed by atoms with Crippen molar-refractivity contribution in [2.45, 2.75) is 45.6 Å². The molecule has 0 bridgehead atoms. The molecule has 1 aliphatic rings. The van der Waals surface area contributed by atoms with Crippen molar-refractivity contribution >= 4 is 26.9 Å². The van der Waals surface area contributed by atoms with Crippen LogP contribution in [0.1, 0.15) is 51.3 Å². The molecule has 0 amide bonds. The van der Waals surface area contributed by atoms with Gasteiger partial charge in [-0.3, -0.25) is 0 Å². The van der Waals surface area contributed by atoms with Gasteiger partial charge in [-0.1, -0.05) is 38.8 Å². The largest absolute Gasteiger partial charge is 0.458 e. The second kappa shape index (κ2) is 6.53. The number of fused-ring (bicyclic) bond motifs is 1. The van der Waals surface area contributed by atoms with E-state index in [0.29, 0.717) is 12.0 Å². The Kier molecular flexibility index (Phi) is 4.70. The summed E-state index contributed by atoms with van der Waals surface area (Å²) in [7, 11) is 0. The minimum absolute atomic E-state index is 0.344. The molecule has 0 spiro atoms. The lowest BCUT2D eigenvalue weighted by Gasteiger charge is -2.32. The van der Waals surface area contributed by atoms with Gasteiger partial charge in [-0.15, -0.1) is 0 Å². The molecule has 1 aromatic carbocycles. The average Bonchev–Trinajstić information content (AvgIpc) is 2.90. The highest BCUT2D eigenvalue weighted by Crippen LogP contribution is 2.39. The van der Waals surface area contributed by atoms with E-state index in [4.69, 9.17) is 4.42 Å². The smallest absolute Gasteiger partial charge is 0.148 e. The fourth-order valence-corrected chi connectivity index (χ4v) is 4.17. The first kappa shape index (κ1) is 15.1. The number of para-hydroxylation sites is 1. The van der Waals surface area contributed by atoms with E-state index in [1.165, 1.54) is 31.1 Å². The number of benzene rings is 1. The molecule has 3 rings (SSSR count). The molecule has 0 aliphatic heterocycles. The first-order valence-corrected chi connectivity index (χ1v) is 8.89. The van der Waals surface area contributed by atoms with E-state index in [0.717, 1.165) is 28.3 Å². The summed E-state index contributed by atoms with van der Waals surface area (Å²) >= 11 is 3.59. The molecule has 3 atom stereocenters. The number of halogens is 1. The zero-order valence-electron chi connectivity index (χ0n) is 12.9. The summed E-state index contributed by atoms with van der Waals surface area (Å²) in [4.78, 5) is 0. The van der Waals surface area contributed by atoms with Crippen molar-refractivity contribution in [3.8, 4) is 0 Å². The molecule has 21 heavy (non-hydrogen) atoms. The molecule has 3 unspecified atom stereocenters. The summed E-state index contributed by atoms with van der Waals surface area (Å²) in [6, 6.07) is 8.79. The highest BCUT2D eigenvalue weighted by molar-refractivity contribution is 9.10. The van der Waals surface area contributed by atoms with Crippen LogP contribution in [0.4, 0.5) is 0 Å². The monoisotopic (exact) mass is 349 g/mol. The van der Waals surface area contributed by atoms with Gasteiger partial charge in [0.1, 0.15) is 11.3 Å². The number of hydrogen-bond donors (Lipinski definition) is 1. The van der Waals surface area contributed by atoms with Crippen molar-refractivity contribution in [3.05, 3.63) is 34.5 Å². The van der Waals surface area contributed by atoms with Crippen molar-refractivity contribution < 1.29 is 4.42 Å². The van der Waals surface area contributed by atoms with Crippen LogP contribution in [0.3, 0.4) is 0 Å². The van der Waals surface area contributed by atoms with Crippen LogP contribution in [0, 0.1) is 11.8 Å². The Morgan fingerprint density at radius 3 is 2.95 bits per heavy atom. The van der Waals surface area contributed by atoms with Crippen molar-refractivity contribution in [1.29, 1.82) is 0 Å². The SMILES string of the molecule is CCNC(c1cc2cccc(Br)c2o1)C1CCCC(C)C1. The van der Waals surface area contributed by atoms with Crippen LogP contribution in [0.15, 0.2) is 33.2 Å². The molecule has 1 heterocycles. The molecule has 0 saturated heterocycles. The molecule has 1 fully saturated rings. The molecule has 3 heteroatoms. The standard InChI is InChI=1S/C18H24BrNO/c1-3-20-17(13-7-4-6-12(2)10-13)16-11-14-8-5-9-15(19)18(14)21-16/h5,8-9,11-13,17,20H,3-4,6-7,10H2,1-2H3. The van der Waals surface area contributed by atoms with Gasteiger partial charge in [-0.25, -0.2) is 0 Å². The first-order valence-electron chi connectivity index (χ1n) is 8.10. The van der Waals surface area contributed by atoms with Crippen LogP contribution in [0.2, 0.25) is 0 Å². The van der Waals surface area contributed by atoms with Crippen molar-refractivity contribution in [3.63, 3.8) is 0 Å². The molecule has 2 nitrogen and oxygen atoms in total. The van der Waals surface area contributed by atoms with Gasteiger partial charge in [0.2, 0.25) is 0 Å². The number of nitrogens with one attached hydrogen (secondary N) is 1. The molecule has 0 radical (unpaired) electrons. The number of furan rings is 1. The highest BCUT2D eigenvalue weighted by atomic mass is 79.9. The lowest BCUT2D eigenvalue weighted by molar-refractivity contribution is 0.209. The molecule has 2 aromatic rings. The molecule has 1 aromatic heterocycles. The van der Waals surface area contributed by atoms with Crippen LogP contribution < -0.4 is 5.32 Å². The Balaban J connectivity index is 1.93. The van der Waals surface area contributed by atoms with E-state index >= 15 is 0 Å². The molecule has 114 valence electrons. The van der Waals surface area contributed by atoms with Gasteiger partial charge in [0.25, 0.3) is 0 Å². The average molecular weight is 350 g/mol. The number of rotatable bonds is 4. The maximum absolute atomic E-state index is 6.19. The Hall–Kier alpha value is -0.800. The second-order valence-corrected chi connectivity index (χ2v) is 7.23. The third kappa shape index (κ3) is 3.19. The zero-order chi connectivity index (χ0) is 14.8. The quantitative estimate of drug-likeness (QED) is 0.768. The Morgan fingerprint density at radius 2 is 2.24 bits per heavy atom. The van der Waals surface area contributed by atoms with Gasteiger partial charge in [0.15, 0.2) is 0 Å². The van der Waals surface area contributed by atoms with Gasteiger partial charge in [-0.05, 0) is 59.3 Å². The van der Waals surface area contributed by atoms with Crippen molar-refractivity contribution in [2.24, 2.45) is 11.8 Å². The summed E-state index contributed by atoms with van der Waals surface area (Å²) in [5.41, 5.74) is 0.972. The second-order valence-electron chi connectivity index (χ2n) is 6.37. The van der Waals surface area contributed by atoms with Crippen molar-refractivity contribution in [2.75, 3.05) is 6.54 Å². The van der Waals surface area contributed by atoms with Crippen molar-refractivity contribution in [1.82, 2.24) is 5.32 Å². The zero-order valence-corrected chi connectivity index (χ0v) is 14.4. The van der Waals surface area contributed by atoms with E-state index in [9.17, 15) is 0 Å². The van der Waals surface area contributed by atoms with Crippen LogP contribution in [-0.2, 0) is 0 Å². The maximum Gasteiger partial charge on any atom is 0.148 e. The molecule has 1 N–H and O–H groups in total. The lowest BCUT2D eigenvalue weighted by Crippen LogP contribution is -2.30. The third-order valence-corrected chi connectivity index (χ3v) is 5.32. The molecular weight excluding hydrogens is 326 g/mol. The van der Waals surface area contributed by atoms with E-state index in [1.54, 1.807) is 0 Å². The summed E-state index contributed by atoms with van der Waals surface area (Å²) < 4.78 is 7.23. The normalized spacial score (nSPS) is 24.3. The number of hydrogen-bond acceptors (Lipinski definition) is 2. The van der Waals surface area contributed by atoms with Crippen LogP contribution in [0.5, 0.6) is 0 Å². The van der Waals surface area contributed by atoms with Gasteiger partial charge < -0.3 is 9.73 Å². The minimum Gasteiger partial charge on any atom is -0.458 e. The molecule has 1 saturated carbocycles. The Labute approximate surface area is 135 Å². The van der Waals surface area contributed by atoms with Crippen LogP contribution in [0.25, 0.3) is 11.0 Å². The topological polar surface area (TPSA) is 25.2 Å². The van der Waals surface area contributed by atoms with Crippen LogP contribution >= 0.6 is 15.9 Å². The van der Waals surface area contributed by atoms with E-state index < -0.39 is 0 Å². The minimum atomic E-state index is 0.344. The van der Waals surface area contributed by atoms with Gasteiger partial charge in [-0.2, -0.15) is 0 Å². The maximum atomic E-state index is 6.19. The van der Waals surface area contributed by atoms with Gasteiger partial charge in [0.05, 0.1) is 10.5 Å². The summed E-state index contributed by atoms with van der Waals surface area (Å²) in [6.45, 7) is 5.54.